The van der Waals surface area contributed by atoms with E-state index in [4.69, 9.17) is 0 Å². The molecule has 1 unspecified atom stereocenters. The Morgan fingerprint density at radius 1 is 1.18 bits per heavy atom. The predicted octanol–water partition coefficient (Wildman–Crippen LogP) is 4.05. The highest BCUT2D eigenvalue weighted by molar-refractivity contribution is 5.21. The van der Waals surface area contributed by atoms with Crippen molar-refractivity contribution in [2.24, 2.45) is 5.92 Å². The zero-order chi connectivity index (χ0) is 12.8. The van der Waals surface area contributed by atoms with E-state index < -0.39 is 5.82 Å². The first-order chi connectivity index (χ1) is 8.00. The minimum Gasteiger partial charge on any atom is -0.310 e. The van der Waals surface area contributed by atoms with Crippen LogP contribution in [0, 0.1) is 17.6 Å². The van der Waals surface area contributed by atoms with Crippen LogP contribution < -0.4 is 5.32 Å². The van der Waals surface area contributed by atoms with Gasteiger partial charge in [0.15, 0.2) is 0 Å². The lowest BCUT2D eigenvalue weighted by atomic mass is 10.1. The van der Waals surface area contributed by atoms with E-state index in [1.54, 1.807) is 0 Å². The Labute approximate surface area is 102 Å². The van der Waals surface area contributed by atoms with Gasteiger partial charge >= 0.3 is 0 Å². The molecule has 0 radical (unpaired) electrons. The first-order valence-corrected chi connectivity index (χ1v) is 6.19. The Balaban J connectivity index is 2.46. The summed E-state index contributed by atoms with van der Waals surface area (Å²) in [6.45, 7) is 7.04. The van der Waals surface area contributed by atoms with Gasteiger partial charge in [-0.15, -0.1) is 0 Å². The van der Waals surface area contributed by atoms with E-state index in [1.807, 2.05) is 6.92 Å². The van der Waals surface area contributed by atoms with Gasteiger partial charge in [0.2, 0.25) is 0 Å². The number of benzene rings is 1. The smallest absolute Gasteiger partial charge is 0.128 e. The molecule has 0 saturated heterocycles. The minimum atomic E-state index is -0.391. The van der Waals surface area contributed by atoms with Gasteiger partial charge in [0.1, 0.15) is 11.6 Å². The van der Waals surface area contributed by atoms with Crippen molar-refractivity contribution in [2.75, 3.05) is 6.54 Å². The van der Waals surface area contributed by atoms with Gasteiger partial charge in [0.05, 0.1) is 0 Å². The minimum absolute atomic E-state index is 0.155. The monoisotopic (exact) mass is 241 g/mol. The van der Waals surface area contributed by atoms with Crippen LogP contribution in [0.3, 0.4) is 0 Å². The summed E-state index contributed by atoms with van der Waals surface area (Å²) in [6.07, 6.45) is 2.20. The molecule has 0 fully saturated rings. The van der Waals surface area contributed by atoms with Crippen molar-refractivity contribution in [3.05, 3.63) is 35.4 Å². The van der Waals surface area contributed by atoms with Gasteiger partial charge in [0.25, 0.3) is 0 Å². The quantitative estimate of drug-likeness (QED) is 0.741. The van der Waals surface area contributed by atoms with Gasteiger partial charge in [-0.1, -0.05) is 13.8 Å². The van der Waals surface area contributed by atoms with Crippen LogP contribution in [0.2, 0.25) is 0 Å². The molecule has 1 atom stereocenters. The third kappa shape index (κ3) is 4.82. The van der Waals surface area contributed by atoms with E-state index in [0.29, 0.717) is 11.5 Å². The van der Waals surface area contributed by atoms with Gasteiger partial charge in [0, 0.05) is 11.6 Å². The third-order valence-corrected chi connectivity index (χ3v) is 2.83. The average molecular weight is 241 g/mol. The first kappa shape index (κ1) is 14.1. The molecule has 0 saturated carbocycles. The highest BCUT2D eigenvalue weighted by atomic mass is 19.1. The zero-order valence-electron chi connectivity index (χ0n) is 10.8. The van der Waals surface area contributed by atoms with Crippen molar-refractivity contribution in [1.29, 1.82) is 0 Å². The molecule has 17 heavy (non-hydrogen) atoms. The molecule has 1 aromatic carbocycles. The molecule has 96 valence electrons. The highest BCUT2D eigenvalue weighted by Gasteiger charge is 2.11. The summed E-state index contributed by atoms with van der Waals surface area (Å²) in [6, 6.07) is 3.43. The molecule has 3 heteroatoms. The lowest BCUT2D eigenvalue weighted by molar-refractivity contribution is 0.481. The first-order valence-electron chi connectivity index (χ1n) is 6.19. The molecule has 0 aromatic heterocycles. The maximum Gasteiger partial charge on any atom is 0.128 e. The van der Waals surface area contributed by atoms with Gasteiger partial charge in [-0.2, -0.15) is 0 Å². The van der Waals surface area contributed by atoms with E-state index in [-0.39, 0.29) is 11.9 Å². The molecule has 1 nitrogen and oxygen atoms in total. The summed E-state index contributed by atoms with van der Waals surface area (Å²) in [5.41, 5.74) is 0.398. The third-order valence-electron chi connectivity index (χ3n) is 2.83. The number of hydrogen-bond donors (Lipinski definition) is 1. The van der Waals surface area contributed by atoms with Crippen LogP contribution in [0.25, 0.3) is 0 Å². The largest absolute Gasteiger partial charge is 0.310 e. The molecule has 0 bridgehead atoms. The van der Waals surface area contributed by atoms with Crippen LogP contribution in [-0.2, 0) is 0 Å². The van der Waals surface area contributed by atoms with Crippen LogP contribution in [0.4, 0.5) is 8.78 Å². The van der Waals surface area contributed by atoms with Crippen LogP contribution in [0.1, 0.15) is 45.2 Å². The van der Waals surface area contributed by atoms with Gasteiger partial charge in [-0.25, -0.2) is 8.78 Å². The molecular formula is C14H21F2N. The fourth-order valence-electron chi connectivity index (χ4n) is 1.79. The maximum atomic E-state index is 13.5. The van der Waals surface area contributed by atoms with Crippen LogP contribution >= 0.6 is 0 Å². The Hall–Kier alpha value is -0.960. The maximum absolute atomic E-state index is 13.5. The van der Waals surface area contributed by atoms with E-state index in [9.17, 15) is 8.78 Å². The molecule has 0 aliphatic heterocycles. The molecule has 0 amide bonds. The lowest BCUT2D eigenvalue weighted by Crippen LogP contribution is -2.21. The Kier molecular flexibility index (Phi) is 5.56. The molecule has 0 aliphatic rings. The van der Waals surface area contributed by atoms with Crippen molar-refractivity contribution in [1.82, 2.24) is 5.32 Å². The van der Waals surface area contributed by atoms with Crippen LogP contribution in [0.5, 0.6) is 0 Å². The topological polar surface area (TPSA) is 12.0 Å². The van der Waals surface area contributed by atoms with Crippen LogP contribution in [0.15, 0.2) is 18.2 Å². The molecule has 0 spiro atoms. The van der Waals surface area contributed by atoms with Crippen molar-refractivity contribution < 1.29 is 8.78 Å². The summed E-state index contributed by atoms with van der Waals surface area (Å²) in [7, 11) is 0. The molecule has 1 N–H and O–H groups in total. The second kappa shape index (κ2) is 6.70. The number of nitrogens with one attached hydrogen (secondary N) is 1. The number of rotatable bonds is 6. The summed E-state index contributed by atoms with van der Waals surface area (Å²) in [5.74, 6) is -0.0644. The highest BCUT2D eigenvalue weighted by Crippen LogP contribution is 2.18. The van der Waals surface area contributed by atoms with Crippen LogP contribution in [-0.4, -0.2) is 6.54 Å². The van der Waals surface area contributed by atoms with E-state index >= 15 is 0 Å². The predicted molar refractivity (Wildman–Crippen MR) is 66.8 cm³/mol. The Morgan fingerprint density at radius 2 is 1.88 bits per heavy atom. The molecule has 0 heterocycles. The number of halogens is 2. The van der Waals surface area contributed by atoms with Gasteiger partial charge < -0.3 is 5.32 Å². The summed E-state index contributed by atoms with van der Waals surface area (Å²) in [4.78, 5) is 0. The van der Waals surface area contributed by atoms with E-state index in [2.05, 4.69) is 19.2 Å². The summed E-state index contributed by atoms with van der Waals surface area (Å²) >= 11 is 0. The average Bonchev–Trinajstić information content (AvgIpc) is 2.27. The zero-order valence-corrected chi connectivity index (χ0v) is 10.8. The van der Waals surface area contributed by atoms with Crippen molar-refractivity contribution in [3.63, 3.8) is 0 Å². The fraction of sp³-hybridized carbons (Fsp3) is 0.571. The normalized spacial score (nSPS) is 13.1. The molecule has 0 aliphatic carbocycles. The van der Waals surface area contributed by atoms with Crippen molar-refractivity contribution in [3.8, 4) is 0 Å². The SMILES string of the molecule is CC(C)CCCNC(C)c1cc(F)ccc1F. The second-order valence-electron chi connectivity index (χ2n) is 4.88. The Bertz CT molecular complexity index is 350. The van der Waals surface area contributed by atoms with E-state index in [1.165, 1.54) is 12.1 Å². The second-order valence-corrected chi connectivity index (χ2v) is 4.88. The van der Waals surface area contributed by atoms with E-state index in [0.717, 1.165) is 25.5 Å². The summed E-state index contributed by atoms with van der Waals surface area (Å²) in [5, 5.41) is 3.22. The molecule has 1 rings (SSSR count). The molecular weight excluding hydrogens is 220 g/mol. The van der Waals surface area contributed by atoms with Gasteiger partial charge in [-0.3, -0.25) is 0 Å². The molecule has 1 aromatic rings. The number of hydrogen-bond acceptors (Lipinski definition) is 1. The summed E-state index contributed by atoms with van der Waals surface area (Å²) < 4.78 is 26.5. The fourth-order valence-corrected chi connectivity index (χ4v) is 1.79. The Morgan fingerprint density at radius 3 is 2.53 bits per heavy atom. The van der Waals surface area contributed by atoms with Crippen molar-refractivity contribution in [2.45, 2.75) is 39.7 Å². The standard InChI is InChI=1S/C14H21F2N/c1-10(2)5-4-8-17-11(3)13-9-12(15)6-7-14(13)16/h6-7,9-11,17H,4-5,8H2,1-3H3. The van der Waals surface area contributed by atoms with Gasteiger partial charge in [-0.05, 0) is 50.4 Å². The van der Waals surface area contributed by atoms with Crippen molar-refractivity contribution >= 4 is 0 Å². The lowest BCUT2D eigenvalue weighted by Gasteiger charge is -2.15.